The molecule has 1 saturated heterocycles. The maximum absolute atomic E-state index is 12.7. The Labute approximate surface area is 211 Å². The number of anilines is 2. The summed E-state index contributed by atoms with van der Waals surface area (Å²) in [6.07, 6.45) is 6.18. The molecule has 2 aromatic rings. The van der Waals surface area contributed by atoms with Crippen LogP contribution in [0.25, 0.3) is 0 Å². The number of nitrogens with one attached hydrogen (secondary N) is 1. The minimum absolute atomic E-state index is 0.0732. The number of rotatable bonds is 5. The van der Waals surface area contributed by atoms with E-state index in [1.54, 1.807) is 0 Å². The number of nitrogens with zero attached hydrogens (tertiary/aromatic N) is 3. The molecule has 1 aromatic heterocycles. The van der Waals surface area contributed by atoms with E-state index in [0.717, 1.165) is 88.5 Å². The summed E-state index contributed by atoms with van der Waals surface area (Å²) < 4.78 is 6.53. The van der Waals surface area contributed by atoms with Gasteiger partial charge in [0.1, 0.15) is 0 Å². The molecule has 3 heterocycles. The number of fused-ring (bicyclic) bond motifs is 3. The second-order valence-corrected chi connectivity index (χ2v) is 17.1. The first kappa shape index (κ1) is 24.6. The van der Waals surface area contributed by atoms with Crippen molar-refractivity contribution in [3.05, 3.63) is 51.4 Å². The van der Waals surface area contributed by atoms with Crippen LogP contribution in [0.2, 0.25) is 18.1 Å². The summed E-state index contributed by atoms with van der Waals surface area (Å²) in [5.74, 6) is 0.774. The predicted molar refractivity (Wildman–Crippen MR) is 146 cm³/mol. The Balaban J connectivity index is 1.29. The van der Waals surface area contributed by atoms with Crippen LogP contribution in [0.4, 0.5) is 11.6 Å². The van der Waals surface area contributed by atoms with Crippen LogP contribution in [-0.4, -0.2) is 51.1 Å². The number of hydrogen-bond donors (Lipinski definition) is 1. The second-order valence-electron chi connectivity index (χ2n) is 12.3. The van der Waals surface area contributed by atoms with E-state index in [1.165, 1.54) is 11.3 Å². The van der Waals surface area contributed by atoms with Crippen molar-refractivity contribution in [3.8, 4) is 0 Å². The Bertz CT molecular complexity index is 1130. The molecule has 35 heavy (non-hydrogen) atoms. The normalized spacial score (nSPS) is 19.7. The first-order valence-corrected chi connectivity index (χ1v) is 16.4. The highest BCUT2D eigenvalue weighted by Crippen LogP contribution is 2.47. The molecule has 1 aliphatic carbocycles. The van der Waals surface area contributed by atoms with Gasteiger partial charge in [-0.1, -0.05) is 39.0 Å². The minimum atomic E-state index is -1.75. The lowest BCUT2D eigenvalue weighted by Crippen LogP contribution is -2.47. The molecule has 0 amide bonds. The summed E-state index contributed by atoms with van der Waals surface area (Å²) in [5, 5.41) is 0.232. The molecule has 3 aliphatic rings. The van der Waals surface area contributed by atoms with Crippen LogP contribution < -0.4 is 15.4 Å². The van der Waals surface area contributed by atoms with E-state index in [0.29, 0.717) is 0 Å². The summed E-state index contributed by atoms with van der Waals surface area (Å²) in [4.78, 5) is 25.5. The largest absolute Gasteiger partial charge is 0.415 e. The number of para-hydroxylation sites is 1. The smallest absolute Gasteiger partial charge is 0.255 e. The minimum Gasteiger partial charge on any atom is -0.415 e. The average molecular weight is 495 g/mol. The standard InChI is InChI=1S/C28H42N4O2Si/c1-27(2,3)35(4,5)34-19-18-32-20-28(22-11-7-9-13-24(22)32)14-16-31(17-15-28)26-29-23-12-8-6-10-21(23)25(33)30-26/h7,9,11,13H,6,8,10,12,14-20H2,1-5H3,(H,29,30,33). The van der Waals surface area contributed by atoms with Crippen LogP contribution in [0.1, 0.15) is 63.3 Å². The van der Waals surface area contributed by atoms with Crippen molar-refractivity contribution in [1.29, 1.82) is 0 Å². The van der Waals surface area contributed by atoms with Crippen LogP contribution in [-0.2, 0) is 22.7 Å². The summed E-state index contributed by atoms with van der Waals surface area (Å²) >= 11 is 0. The van der Waals surface area contributed by atoms with Crippen molar-refractivity contribution in [2.75, 3.05) is 42.6 Å². The fraction of sp³-hybridized carbons (Fsp3) is 0.643. The molecule has 190 valence electrons. The van der Waals surface area contributed by atoms with Crippen molar-refractivity contribution in [1.82, 2.24) is 9.97 Å². The number of piperidine rings is 1. The topological polar surface area (TPSA) is 61.5 Å². The third-order valence-corrected chi connectivity index (χ3v) is 13.7. The Morgan fingerprint density at radius 3 is 2.57 bits per heavy atom. The van der Waals surface area contributed by atoms with E-state index in [1.807, 2.05) is 0 Å². The van der Waals surface area contributed by atoms with Gasteiger partial charge in [0.05, 0.1) is 12.3 Å². The lowest BCUT2D eigenvalue weighted by molar-refractivity contribution is 0.288. The van der Waals surface area contributed by atoms with Crippen LogP contribution in [0.3, 0.4) is 0 Å². The molecule has 6 nitrogen and oxygen atoms in total. The molecule has 0 atom stereocenters. The van der Waals surface area contributed by atoms with Gasteiger partial charge in [0.2, 0.25) is 5.95 Å². The zero-order chi connectivity index (χ0) is 24.8. The third-order valence-electron chi connectivity index (χ3n) is 9.14. The Morgan fingerprint density at radius 1 is 1.11 bits per heavy atom. The van der Waals surface area contributed by atoms with Crippen molar-refractivity contribution in [2.24, 2.45) is 0 Å². The van der Waals surface area contributed by atoms with Crippen molar-refractivity contribution < 1.29 is 4.43 Å². The third kappa shape index (κ3) is 4.57. The molecule has 0 bridgehead atoms. The van der Waals surface area contributed by atoms with Crippen LogP contribution in [0.5, 0.6) is 0 Å². The number of aromatic amines is 1. The van der Waals surface area contributed by atoms with E-state index in [4.69, 9.17) is 9.41 Å². The van der Waals surface area contributed by atoms with Crippen molar-refractivity contribution >= 4 is 20.0 Å². The molecule has 0 saturated carbocycles. The van der Waals surface area contributed by atoms with Crippen LogP contribution >= 0.6 is 0 Å². The fourth-order valence-corrected chi connectivity index (χ4v) is 6.91. The van der Waals surface area contributed by atoms with Gasteiger partial charge in [-0.15, -0.1) is 0 Å². The molecule has 2 aliphatic heterocycles. The zero-order valence-corrected chi connectivity index (χ0v) is 23.2. The maximum atomic E-state index is 12.7. The Kier molecular flexibility index (Phi) is 6.37. The molecule has 0 radical (unpaired) electrons. The van der Waals surface area contributed by atoms with Gasteiger partial charge in [0, 0.05) is 42.8 Å². The monoisotopic (exact) mass is 494 g/mol. The molecule has 7 heteroatoms. The number of aryl methyl sites for hydroxylation is 1. The first-order valence-electron chi connectivity index (χ1n) is 13.5. The van der Waals surface area contributed by atoms with Gasteiger partial charge in [-0.25, -0.2) is 4.98 Å². The van der Waals surface area contributed by atoms with E-state index < -0.39 is 8.32 Å². The molecule has 1 N–H and O–H groups in total. The lowest BCUT2D eigenvalue weighted by atomic mass is 9.74. The zero-order valence-electron chi connectivity index (χ0n) is 22.2. The van der Waals surface area contributed by atoms with Crippen molar-refractivity contribution in [2.45, 2.75) is 82.8 Å². The quantitative estimate of drug-likeness (QED) is 0.591. The van der Waals surface area contributed by atoms with Gasteiger partial charge in [-0.3, -0.25) is 9.78 Å². The molecule has 0 unspecified atom stereocenters. The maximum Gasteiger partial charge on any atom is 0.255 e. The second kappa shape index (κ2) is 9.07. The van der Waals surface area contributed by atoms with Gasteiger partial charge in [-0.05, 0) is 68.3 Å². The van der Waals surface area contributed by atoms with E-state index in [-0.39, 0.29) is 16.0 Å². The van der Waals surface area contributed by atoms with E-state index in [2.05, 4.69) is 72.9 Å². The van der Waals surface area contributed by atoms with E-state index >= 15 is 0 Å². The van der Waals surface area contributed by atoms with Gasteiger partial charge in [0.25, 0.3) is 5.56 Å². The number of benzene rings is 1. The summed E-state index contributed by atoms with van der Waals surface area (Å²) in [6, 6.07) is 8.96. The van der Waals surface area contributed by atoms with Gasteiger partial charge in [0.15, 0.2) is 8.32 Å². The van der Waals surface area contributed by atoms with Crippen LogP contribution in [0.15, 0.2) is 29.1 Å². The van der Waals surface area contributed by atoms with Crippen LogP contribution in [0, 0.1) is 0 Å². The van der Waals surface area contributed by atoms with Gasteiger partial charge < -0.3 is 14.2 Å². The number of hydrogen-bond acceptors (Lipinski definition) is 5. The molecular weight excluding hydrogens is 452 g/mol. The summed E-state index contributed by atoms with van der Waals surface area (Å²) in [7, 11) is -1.75. The molecule has 1 fully saturated rings. The average Bonchev–Trinajstić information content (AvgIpc) is 3.12. The molecule has 1 aromatic carbocycles. The van der Waals surface area contributed by atoms with Gasteiger partial charge >= 0.3 is 0 Å². The Hall–Kier alpha value is -2.12. The highest BCUT2D eigenvalue weighted by atomic mass is 28.4. The summed E-state index contributed by atoms with van der Waals surface area (Å²) in [6.45, 7) is 16.2. The predicted octanol–water partition coefficient (Wildman–Crippen LogP) is 5.03. The highest BCUT2D eigenvalue weighted by molar-refractivity contribution is 6.74. The number of aromatic nitrogens is 2. The Morgan fingerprint density at radius 2 is 1.83 bits per heavy atom. The highest BCUT2D eigenvalue weighted by Gasteiger charge is 2.45. The summed E-state index contributed by atoms with van der Waals surface area (Å²) in [5.41, 5.74) is 5.03. The van der Waals surface area contributed by atoms with Crippen molar-refractivity contribution in [3.63, 3.8) is 0 Å². The van der Waals surface area contributed by atoms with E-state index in [9.17, 15) is 4.79 Å². The SMILES string of the molecule is CC(C)(C)[Si](C)(C)OCCN1CC2(CCN(c3nc4c(c(=O)[nH]3)CCCC4)CC2)c2ccccc21. The first-order chi connectivity index (χ1) is 16.6. The fourth-order valence-electron chi connectivity index (χ4n) is 5.87. The molecular formula is C28H42N4O2Si. The van der Waals surface area contributed by atoms with Gasteiger partial charge in [-0.2, -0.15) is 0 Å². The lowest BCUT2D eigenvalue weighted by Gasteiger charge is -2.40. The number of H-pyrrole nitrogens is 1. The molecule has 5 rings (SSSR count). The molecule has 1 spiro atoms.